The van der Waals surface area contributed by atoms with Gasteiger partial charge in [-0.3, -0.25) is 4.98 Å². The van der Waals surface area contributed by atoms with Crippen LogP contribution in [0, 0.1) is 0 Å². The Morgan fingerprint density at radius 2 is 2.38 bits per heavy atom. The van der Waals surface area contributed by atoms with Crippen LogP contribution < -0.4 is 5.32 Å². The van der Waals surface area contributed by atoms with E-state index in [9.17, 15) is 5.11 Å². The maximum atomic E-state index is 9.75. The van der Waals surface area contributed by atoms with Gasteiger partial charge in [-0.15, -0.1) is 0 Å². The standard InChI is InChI=1S/C11H17BrN2O2/c1-16-3-2-13-8-11(15)5-9-4-10(12)7-14-6-9/h4,6-7,11,13,15H,2-3,5,8H2,1H3. The first-order valence-electron chi connectivity index (χ1n) is 5.19. The van der Waals surface area contributed by atoms with Crippen LogP contribution in [0.2, 0.25) is 0 Å². The molecule has 1 heterocycles. The molecule has 1 aromatic heterocycles. The van der Waals surface area contributed by atoms with Crippen molar-refractivity contribution < 1.29 is 9.84 Å². The topological polar surface area (TPSA) is 54.4 Å². The van der Waals surface area contributed by atoms with E-state index in [4.69, 9.17) is 4.74 Å². The largest absolute Gasteiger partial charge is 0.391 e. The third-order valence-corrected chi connectivity index (χ3v) is 2.53. The van der Waals surface area contributed by atoms with E-state index in [0.717, 1.165) is 16.6 Å². The fourth-order valence-corrected chi connectivity index (χ4v) is 1.77. The van der Waals surface area contributed by atoms with Crippen molar-refractivity contribution in [3.63, 3.8) is 0 Å². The minimum Gasteiger partial charge on any atom is -0.391 e. The number of nitrogens with one attached hydrogen (secondary N) is 1. The number of rotatable bonds is 7. The molecule has 90 valence electrons. The number of ether oxygens (including phenoxy) is 1. The van der Waals surface area contributed by atoms with Crippen molar-refractivity contribution in [2.45, 2.75) is 12.5 Å². The third-order valence-electron chi connectivity index (χ3n) is 2.10. The lowest BCUT2D eigenvalue weighted by Crippen LogP contribution is -2.30. The van der Waals surface area contributed by atoms with Gasteiger partial charge in [0.2, 0.25) is 0 Å². The van der Waals surface area contributed by atoms with E-state index in [2.05, 4.69) is 26.2 Å². The van der Waals surface area contributed by atoms with Crippen LogP contribution in [0.1, 0.15) is 5.56 Å². The number of aliphatic hydroxyl groups excluding tert-OH is 1. The van der Waals surface area contributed by atoms with Gasteiger partial charge in [-0.25, -0.2) is 0 Å². The molecule has 1 unspecified atom stereocenters. The molecule has 0 fully saturated rings. The molecule has 0 saturated heterocycles. The number of hydrogen-bond donors (Lipinski definition) is 2. The molecule has 0 aliphatic carbocycles. The summed E-state index contributed by atoms with van der Waals surface area (Å²) in [5.74, 6) is 0. The first kappa shape index (κ1) is 13.6. The van der Waals surface area contributed by atoms with Crippen LogP contribution >= 0.6 is 15.9 Å². The van der Waals surface area contributed by atoms with Crippen molar-refractivity contribution in [1.29, 1.82) is 0 Å². The van der Waals surface area contributed by atoms with E-state index in [-0.39, 0.29) is 0 Å². The maximum absolute atomic E-state index is 9.75. The van der Waals surface area contributed by atoms with Gasteiger partial charge in [-0.2, -0.15) is 0 Å². The first-order valence-corrected chi connectivity index (χ1v) is 5.99. The lowest BCUT2D eigenvalue weighted by atomic mass is 10.1. The molecule has 4 nitrogen and oxygen atoms in total. The molecule has 0 aromatic carbocycles. The summed E-state index contributed by atoms with van der Waals surface area (Å²) in [5.41, 5.74) is 1.02. The third kappa shape index (κ3) is 5.55. The molecule has 1 rings (SSSR count). The van der Waals surface area contributed by atoms with Crippen molar-refractivity contribution in [2.75, 3.05) is 26.8 Å². The van der Waals surface area contributed by atoms with Crippen LogP contribution in [0.25, 0.3) is 0 Å². The molecule has 0 amide bonds. The van der Waals surface area contributed by atoms with Crippen LogP contribution in [0.3, 0.4) is 0 Å². The second-order valence-electron chi connectivity index (χ2n) is 3.57. The maximum Gasteiger partial charge on any atom is 0.0705 e. The van der Waals surface area contributed by atoms with E-state index in [1.807, 2.05) is 6.07 Å². The van der Waals surface area contributed by atoms with E-state index in [1.165, 1.54) is 0 Å². The van der Waals surface area contributed by atoms with Crippen molar-refractivity contribution in [2.24, 2.45) is 0 Å². The molecule has 16 heavy (non-hydrogen) atoms. The Labute approximate surface area is 104 Å². The number of hydrogen-bond acceptors (Lipinski definition) is 4. The van der Waals surface area contributed by atoms with Gasteiger partial charge in [0, 0.05) is 43.5 Å². The second-order valence-corrected chi connectivity index (χ2v) is 4.48. The first-order chi connectivity index (χ1) is 7.72. The van der Waals surface area contributed by atoms with Crippen LogP contribution in [0.15, 0.2) is 22.9 Å². The highest BCUT2D eigenvalue weighted by Gasteiger charge is 2.05. The Hall–Kier alpha value is -0.490. The Morgan fingerprint density at radius 3 is 3.06 bits per heavy atom. The van der Waals surface area contributed by atoms with Crippen LogP contribution in [0.4, 0.5) is 0 Å². The molecule has 0 aliphatic heterocycles. The quantitative estimate of drug-likeness (QED) is 0.735. The molecule has 1 aromatic rings. The number of pyridine rings is 1. The highest BCUT2D eigenvalue weighted by Crippen LogP contribution is 2.10. The van der Waals surface area contributed by atoms with Crippen molar-refractivity contribution in [3.8, 4) is 0 Å². The normalized spacial score (nSPS) is 12.7. The predicted octanol–water partition coefficient (Wildman–Crippen LogP) is 0.983. The van der Waals surface area contributed by atoms with Gasteiger partial charge in [0.1, 0.15) is 0 Å². The Morgan fingerprint density at radius 1 is 1.56 bits per heavy atom. The highest BCUT2D eigenvalue weighted by atomic mass is 79.9. The number of halogens is 1. The summed E-state index contributed by atoms with van der Waals surface area (Å²) < 4.78 is 5.83. The predicted molar refractivity (Wildman–Crippen MR) is 66.4 cm³/mol. The van der Waals surface area contributed by atoms with Gasteiger partial charge in [0.15, 0.2) is 0 Å². The van der Waals surface area contributed by atoms with Crippen LogP contribution in [-0.4, -0.2) is 43.0 Å². The van der Waals surface area contributed by atoms with Crippen molar-refractivity contribution in [1.82, 2.24) is 10.3 Å². The average Bonchev–Trinajstić information content (AvgIpc) is 2.24. The molecule has 0 aliphatic rings. The molecule has 5 heteroatoms. The molecular formula is C11H17BrN2O2. The van der Waals surface area contributed by atoms with E-state index >= 15 is 0 Å². The second kappa shape index (κ2) is 7.73. The number of methoxy groups -OCH3 is 1. The summed E-state index contributed by atoms with van der Waals surface area (Å²) >= 11 is 3.35. The summed E-state index contributed by atoms with van der Waals surface area (Å²) in [6.45, 7) is 1.98. The molecular weight excluding hydrogens is 272 g/mol. The summed E-state index contributed by atoms with van der Waals surface area (Å²) in [6.07, 6.45) is 3.70. The van der Waals surface area contributed by atoms with Gasteiger partial charge in [0.25, 0.3) is 0 Å². The number of aromatic nitrogens is 1. The Bertz CT molecular complexity index is 310. The fourth-order valence-electron chi connectivity index (χ4n) is 1.35. The van der Waals surface area contributed by atoms with E-state index in [0.29, 0.717) is 19.6 Å². The Kier molecular flexibility index (Phi) is 6.56. The van der Waals surface area contributed by atoms with Gasteiger partial charge in [0.05, 0.1) is 12.7 Å². The summed E-state index contributed by atoms with van der Waals surface area (Å²) in [4.78, 5) is 4.05. The zero-order valence-electron chi connectivity index (χ0n) is 9.32. The molecule has 0 saturated carbocycles. The fraction of sp³-hybridized carbons (Fsp3) is 0.545. The molecule has 1 atom stereocenters. The van der Waals surface area contributed by atoms with Gasteiger partial charge < -0.3 is 15.2 Å². The monoisotopic (exact) mass is 288 g/mol. The minimum atomic E-state index is -0.395. The van der Waals surface area contributed by atoms with Crippen molar-refractivity contribution in [3.05, 3.63) is 28.5 Å². The number of nitrogens with zero attached hydrogens (tertiary/aromatic N) is 1. The van der Waals surface area contributed by atoms with Crippen LogP contribution in [-0.2, 0) is 11.2 Å². The highest BCUT2D eigenvalue weighted by molar-refractivity contribution is 9.10. The zero-order valence-corrected chi connectivity index (χ0v) is 10.9. The lowest BCUT2D eigenvalue weighted by Gasteiger charge is -2.11. The lowest BCUT2D eigenvalue weighted by molar-refractivity contribution is 0.160. The summed E-state index contributed by atoms with van der Waals surface area (Å²) in [7, 11) is 1.66. The average molecular weight is 289 g/mol. The summed E-state index contributed by atoms with van der Waals surface area (Å²) in [6, 6.07) is 1.96. The van der Waals surface area contributed by atoms with E-state index in [1.54, 1.807) is 19.5 Å². The van der Waals surface area contributed by atoms with Crippen LogP contribution in [0.5, 0.6) is 0 Å². The molecule has 0 spiro atoms. The van der Waals surface area contributed by atoms with Gasteiger partial charge in [-0.05, 0) is 27.6 Å². The number of aliphatic hydroxyl groups is 1. The Balaban J connectivity index is 2.25. The molecule has 2 N–H and O–H groups in total. The SMILES string of the molecule is COCCNCC(O)Cc1cncc(Br)c1. The molecule has 0 bridgehead atoms. The van der Waals surface area contributed by atoms with Crippen molar-refractivity contribution >= 4 is 15.9 Å². The van der Waals surface area contributed by atoms with Gasteiger partial charge in [-0.1, -0.05) is 0 Å². The zero-order chi connectivity index (χ0) is 11.8. The minimum absolute atomic E-state index is 0.395. The van der Waals surface area contributed by atoms with Gasteiger partial charge >= 0.3 is 0 Å². The summed E-state index contributed by atoms with van der Waals surface area (Å²) in [5, 5.41) is 12.9. The van der Waals surface area contributed by atoms with E-state index < -0.39 is 6.10 Å². The smallest absolute Gasteiger partial charge is 0.0705 e. The molecule has 0 radical (unpaired) electrons.